The van der Waals surface area contributed by atoms with E-state index < -0.39 is 0 Å². The topological polar surface area (TPSA) is 124 Å². The second-order valence-electron chi connectivity index (χ2n) is 9.33. The molecule has 0 bridgehead atoms. The van der Waals surface area contributed by atoms with Gasteiger partial charge in [-0.05, 0) is 49.9 Å². The van der Waals surface area contributed by atoms with Gasteiger partial charge in [-0.1, -0.05) is 0 Å². The van der Waals surface area contributed by atoms with Crippen molar-refractivity contribution in [3.8, 4) is 23.0 Å². The molecule has 0 amide bonds. The number of aliphatic hydroxyl groups is 1. The number of nitrogens with two attached hydrogens (primary N) is 1. The molecule has 0 spiro atoms. The largest absolute Gasteiger partial charge is 0.497 e. The summed E-state index contributed by atoms with van der Waals surface area (Å²) < 4.78 is 22.1. The lowest BCUT2D eigenvalue weighted by Crippen LogP contribution is -2.31. The Balaban J connectivity index is 1.71. The summed E-state index contributed by atoms with van der Waals surface area (Å²) in [6.07, 6.45) is 4.59. The van der Waals surface area contributed by atoms with Crippen LogP contribution in [-0.4, -0.2) is 55.7 Å². The van der Waals surface area contributed by atoms with Crippen molar-refractivity contribution in [1.82, 2.24) is 9.97 Å². The molecule has 2 atom stereocenters. The van der Waals surface area contributed by atoms with E-state index in [0.717, 1.165) is 30.4 Å². The number of hydrogen-bond donors (Lipinski definition) is 3. The van der Waals surface area contributed by atoms with Gasteiger partial charge in [0.25, 0.3) is 0 Å². The Morgan fingerprint density at radius 1 is 0.895 bits per heavy atom. The van der Waals surface area contributed by atoms with Gasteiger partial charge in [-0.3, -0.25) is 0 Å². The first-order chi connectivity index (χ1) is 18.4. The Hall–Kier alpha value is -3.92. The number of methoxy groups -OCH3 is 4. The van der Waals surface area contributed by atoms with Crippen molar-refractivity contribution in [3.63, 3.8) is 0 Å². The van der Waals surface area contributed by atoms with E-state index in [4.69, 9.17) is 24.7 Å². The van der Waals surface area contributed by atoms with Gasteiger partial charge in [-0.25, -0.2) is 9.97 Å². The minimum absolute atomic E-state index is 0.0978. The van der Waals surface area contributed by atoms with Crippen molar-refractivity contribution in [2.45, 2.75) is 50.9 Å². The van der Waals surface area contributed by atoms with Crippen molar-refractivity contribution in [3.05, 3.63) is 53.9 Å². The van der Waals surface area contributed by atoms with E-state index in [1.807, 2.05) is 36.4 Å². The molecule has 1 aromatic heterocycles. The highest BCUT2D eigenvalue weighted by Gasteiger charge is 2.24. The van der Waals surface area contributed by atoms with Crippen LogP contribution in [0, 0.1) is 0 Å². The highest BCUT2D eigenvalue weighted by Crippen LogP contribution is 2.35. The van der Waals surface area contributed by atoms with Gasteiger partial charge in [-0.15, -0.1) is 0 Å². The Labute approximate surface area is 223 Å². The summed E-state index contributed by atoms with van der Waals surface area (Å²) in [6.45, 7) is 0.899. The Bertz CT molecular complexity index is 1170. The summed E-state index contributed by atoms with van der Waals surface area (Å²) in [4.78, 5) is 11.1. The Morgan fingerprint density at radius 2 is 1.50 bits per heavy atom. The quantitative estimate of drug-likeness (QED) is 0.339. The SMILES string of the molecule is COc1ccc(CN(Cc2ccc(OC)cc2OC)c2ncnc(NC3CCCC(O)C3)c2N)c(OC)c1. The number of aromatic nitrogens is 2. The van der Waals surface area contributed by atoms with Crippen LogP contribution < -0.4 is 34.9 Å². The molecule has 2 aromatic carbocycles. The van der Waals surface area contributed by atoms with E-state index in [2.05, 4.69) is 20.2 Å². The number of aliphatic hydroxyl groups excluding tert-OH is 1. The number of benzene rings is 2. The van der Waals surface area contributed by atoms with Crippen LogP contribution in [0.1, 0.15) is 36.8 Å². The second kappa shape index (κ2) is 12.6. The highest BCUT2D eigenvalue weighted by atomic mass is 16.5. The predicted octanol–water partition coefficient (Wildman–Crippen LogP) is 4.02. The van der Waals surface area contributed by atoms with Crippen LogP contribution in [0.15, 0.2) is 42.7 Å². The van der Waals surface area contributed by atoms with Gasteiger partial charge in [0, 0.05) is 42.4 Å². The summed E-state index contributed by atoms with van der Waals surface area (Å²) in [5, 5.41) is 13.6. The molecule has 38 heavy (non-hydrogen) atoms. The number of ether oxygens (including phenoxy) is 4. The molecule has 10 heteroatoms. The zero-order valence-corrected chi connectivity index (χ0v) is 22.4. The molecular weight excluding hydrogens is 486 g/mol. The van der Waals surface area contributed by atoms with Crippen molar-refractivity contribution in [2.24, 2.45) is 0 Å². The molecule has 4 rings (SSSR count). The summed E-state index contributed by atoms with van der Waals surface area (Å²) in [5.41, 5.74) is 8.99. The lowest BCUT2D eigenvalue weighted by atomic mass is 9.93. The van der Waals surface area contributed by atoms with Gasteiger partial charge < -0.3 is 40.0 Å². The van der Waals surface area contributed by atoms with Gasteiger partial charge in [-0.2, -0.15) is 0 Å². The van der Waals surface area contributed by atoms with E-state index in [0.29, 0.717) is 59.8 Å². The van der Waals surface area contributed by atoms with E-state index in [1.54, 1.807) is 28.4 Å². The van der Waals surface area contributed by atoms with Crippen molar-refractivity contribution in [2.75, 3.05) is 44.4 Å². The maximum Gasteiger partial charge on any atom is 0.158 e. The van der Waals surface area contributed by atoms with E-state index in [9.17, 15) is 5.11 Å². The molecule has 10 nitrogen and oxygen atoms in total. The fourth-order valence-corrected chi connectivity index (χ4v) is 4.82. The third kappa shape index (κ3) is 6.31. The Kier molecular flexibility index (Phi) is 8.96. The molecular formula is C28H37N5O5. The molecule has 1 heterocycles. The van der Waals surface area contributed by atoms with Crippen molar-refractivity contribution >= 4 is 17.3 Å². The zero-order valence-electron chi connectivity index (χ0n) is 22.4. The monoisotopic (exact) mass is 523 g/mol. The maximum absolute atomic E-state index is 10.1. The lowest BCUT2D eigenvalue weighted by molar-refractivity contribution is 0.124. The molecule has 1 fully saturated rings. The molecule has 1 aliphatic carbocycles. The summed E-state index contributed by atoms with van der Waals surface area (Å²) in [7, 11) is 6.51. The van der Waals surface area contributed by atoms with Crippen LogP contribution >= 0.6 is 0 Å². The van der Waals surface area contributed by atoms with Gasteiger partial charge in [0.15, 0.2) is 11.6 Å². The minimum Gasteiger partial charge on any atom is -0.497 e. The van der Waals surface area contributed by atoms with Crippen LogP contribution in [-0.2, 0) is 13.1 Å². The van der Waals surface area contributed by atoms with Gasteiger partial charge >= 0.3 is 0 Å². The molecule has 2 unspecified atom stereocenters. The number of nitrogens with one attached hydrogen (secondary N) is 1. The van der Waals surface area contributed by atoms with Gasteiger partial charge in [0.05, 0.1) is 34.5 Å². The fourth-order valence-electron chi connectivity index (χ4n) is 4.82. The minimum atomic E-state index is -0.314. The van der Waals surface area contributed by atoms with E-state index in [1.165, 1.54) is 6.33 Å². The average Bonchev–Trinajstić information content (AvgIpc) is 2.94. The molecule has 0 saturated heterocycles. The number of nitrogen functional groups attached to an aromatic ring is 1. The zero-order chi connectivity index (χ0) is 27.1. The van der Waals surface area contributed by atoms with E-state index in [-0.39, 0.29) is 12.1 Å². The summed E-state index contributed by atoms with van der Waals surface area (Å²) in [6, 6.07) is 11.5. The van der Waals surface area contributed by atoms with Crippen molar-refractivity contribution in [1.29, 1.82) is 0 Å². The number of nitrogens with zero attached hydrogens (tertiary/aromatic N) is 3. The normalized spacial score (nSPS) is 17.0. The molecule has 0 radical (unpaired) electrons. The first-order valence-corrected chi connectivity index (χ1v) is 12.7. The van der Waals surface area contributed by atoms with E-state index >= 15 is 0 Å². The van der Waals surface area contributed by atoms with Crippen molar-refractivity contribution < 1.29 is 24.1 Å². The van der Waals surface area contributed by atoms with Gasteiger partial charge in [0.2, 0.25) is 0 Å². The van der Waals surface area contributed by atoms with Crippen LogP contribution in [0.2, 0.25) is 0 Å². The van der Waals surface area contributed by atoms with Gasteiger partial charge in [0.1, 0.15) is 35.0 Å². The van der Waals surface area contributed by atoms with Crippen LogP contribution in [0.3, 0.4) is 0 Å². The summed E-state index contributed by atoms with van der Waals surface area (Å²) >= 11 is 0. The highest BCUT2D eigenvalue weighted by molar-refractivity contribution is 5.75. The first-order valence-electron chi connectivity index (χ1n) is 12.7. The molecule has 1 aliphatic rings. The molecule has 4 N–H and O–H groups in total. The van der Waals surface area contributed by atoms with Crippen LogP contribution in [0.25, 0.3) is 0 Å². The smallest absolute Gasteiger partial charge is 0.158 e. The second-order valence-corrected chi connectivity index (χ2v) is 9.33. The number of anilines is 3. The van der Waals surface area contributed by atoms with Crippen LogP contribution in [0.5, 0.6) is 23.0 Å². The average molecular weight is 524 g/mol. The third-order valence-corrected chi connectivity index (χ3v) is 6.86. The predicted molar refractivity (Wildman–Crippen MR) is 147 cm³/mol. The maximum atomic E-state index is 10.1. The number of hydrogen-bond acceptors (Lipinski definition) is 10. The molecule has 0 aliphatic heterocycles. The lowest BCUT2D eigenvalue weighted by Gasteiger charge is -2.30. The molecule has 204 valence electrons. The Morgan fingerprint density at radius 3 is 2.03 bits per heavy atom. The standard InChI is InChI=1S/C28H37N5O5/c1-35-22-10-8-18(24(13-22)37-3)15-33(16-19-9-11-23(36-2)14-25(19)38-4)28-26(29)27(30-17-31-28)32-20-6-5-7-21(34)12-20/h8-11,13-14,17,20-21,34H,5-7,12,15-16,29H2,1-4H3,(H,30,31,32). The fraction of sp³-hybridized carbons (Fsp3) is 0.429. The number of rotatable bonds is 11. The molecule has 1 saturated carbocycles. The molecule has 3 aromatic rings. The summed E-state index contributed by atoms with van der Waals surface area (Å²) in [5.74, 6) is 3.93. The first kappa shape index (κ1) is 27.1. The third-order valence-electron chi connectivity index (χ3n) is 6.86. The van der Waals surface area contributed by atoms with Crippen LogP contribution in [0.4, 0.5) is 17.3 Å².